The molecule has 1 aromatic carbocycles. The number of hydrogen-bond acceptors (Lipinski definition) is 3. The second-order valence-electron chi connectivity index (χ2n) is 5.42. The highest BCUT2D eigenvalue weighted by Gasteiger charge is 2.25. The maximum Gasteiger partial charge on any atom is 0.229 e. The first-order valence-electron chi connectivity index (χ1n) is 7.34. The summed E-state index contributed by atoms with van der Waals surface area (Å²) in [5.41, 5.74) is 1.93. The summed E-state index contributed by atoms with van der Waals surface area (Å²) in [5.74, 6) is 1.04. The van der Waals surface area contributed by atoms with Crippen LogP contribution in [0.3, 0.4) is 0 Å². The third-order valence-corrected chi connectivity index (χ3v) is 3.92. The number of nitrogens with one attached hydrogen (secondary N) is 1. The monoisotopic (exact) mass is 284 g/mol. The molecule has 5 nitrogen and oxygen atoms in total. The lowest BCUT2D eigenvalue weighted by molar-refractivity contribution is -0.119. The van der Waals surface area contributed by atoms with Gasteiger partial charge in [0.15, 0.2) is 0 Å². The molecule has 0 saturated heterocycles. The van der Waals surface area contributed by atoms with E-state index in [9.17, 15) is 4.79 Å². The highest BCUT2D eigenvalue weighted by atomic mass is 16.1. The van der Waals surface area contributed by atoms with Gasteiger partial charge in [0.05, 0.1) is 23.8 Å². The molecule has 0 radical (unpaired) electrons. The fourth-order valence-electron chi connectivity index (χ4n) is 2.72. The van der Waals surface area contributed by atoms with Crippen molar-refractivity contribution in [3.05, 3.63) is 42.5 Å². The van der Waals surface area contributed by atoms with Crippen molar-refractivity contribution in [1.82, 2.24) is 9.55 Å². The Hall–Kier alpha value is -2.30. The number of para-hydroxylation sites is 2. The second-order valence-corrected chi connectivity index (χ2v) is 5.42. The van der Waals surface area contributed by atoms with Gasteiger partial charge in [-0.05, 0) is 19.1 Å². The summed E-state index contributed by atoms with van der Waals surface area (Å²) in [6.45, 7) is 6.36. The van der Waals surface area contributed by atoms with Crippen molar-refractivity contribution in [3.63, 3.8) is 0 Å². The number of imidazole rings is 1. The van der Waals surface area contributed by atoms with Crippen molar-refractivity contribution in [1.29, 1.82) is 0 Å². The molecular weight excluding hydrogens is 264 g/mol. The van der Waals surface area contributed by atoms with Gasteiger partial charge >= 0.3 is 0 Å². The number of amides is 1. The van der Waals surface area contributed by atoms with Gasteiger partial charge in [0.25, 0.3) is 0 Å². The molecule has 1 aliphatic rings. The SMILES string of the molecule is CCn1ccnc1CN1CC(C)C(=O)Nc2ccccc21. The van der Waals surface area contributed by atoms with Crippen LogP contribution in [0.25, 0.3) is 0 Å². The topological polar surface area (TPSA) is 50.2 Å². The first-order chi connectivity index (χ1) is 10.2. The molecule has 1 N–H and O–H groups in total. The molecule has 0 fully saturated rings. The smallest absolute Gasteiger partial charge is 0.229 e. The molecule has 110 valence electrons. The number of anilines is 2. The van der Waals surface area contributed by atoms with Gasteiger partial charge < -0.3 is 14.8 Å². The number of nitrogens with zero attached hydrogens (tertiary/aromatic N) is 3. The Balaban J connectivity index is 1.95. The van der Waals surface area contributed by atoms with E-state index in [0.29, 0.717) is 13.1 Å². The van der Waals surface area contributed by atoms with E-state index >= 15 is 0 Å². The van der Waals surface area contributed by atoms with Gasteiger partial charge in [0.2, 0.25) is 5.91 Å². The number of fused-ring (bicyclic) bond motifs is 1. The number of aromatic nitrogens is 2. The zero-order valence-electron chi connectivity index (χ0n) is 12.4. The van der Waals surface area contributed by atoms with Crippen LogP contribution in [0, 0.1) is 5.92 Å². The zero-order valence-corrected chi connectivity index (χ0v) is 12.4. The zero-order chi connectivity index (χ0) is 14.8. The molecule has 1 aliphatic heterocycles. The maximum absolute atomic E-state index is 12.1. The average Bonchev–Trinajstić information content (AvgIpc) is 2.89. The van der Waals surface area contributed by atoms with Crippen molar-refractivity contribution in [2.45, 2.75) is 26.9 Å². The van der Waals surface area contributed by atoms with Crippen LogP contribution < -0.4 is 10.2 Å². The van der Waals surface area contributed by atoms with E-state index < -0.39 is 0 Å². The predicted molar refractivity (Wildman–Crippen MR) is 83.2 cm³/mol. The summed E-state index contributed by atoms with van der Waals surface area (Å²) in [6.07, 6.45) is 3.82. The number of carbonyl (C=O) groups is 1. The van der Waals surface area contributed by atoms with E-state index in [1.165, 1.54) is 0 Å². The van der Waals surface area contributed by atoms with Crippen LogP contribution in [0.5, 0.6) is 0 Å². The fraction of sp³-hybridized carbons (Fsp3) is 0.375. The van der Waals surface area contributed by atoms with E-state index in [-0.39, 0.29) is 11.8 Å². The van der Waals surface area contributed by atoms with Crippen LogP contribution in [0.2, 0.25) is 0 Å². The van der Waals surface area contributed by atoms with Gasteiger partial charge in [0.1, 0.15) is 5.82 Å². The molecule has 0 saturated carbocycles. The molecule has 1 amide bonds. The Morgan fingerprint density at radius 1 is 1.38 bits per heavy atom. The molecule has 2 aromatic rings. The Kier molecular flexibility index (Phi) is 3.64. The Bertz CT molecular complexity index is 649. The average molecular weight is 284 g/mol. The van der Waals surface area contributed by atoms with Crippen LogP contribution in [-0.4, -0.2) is 22.0 Å². The van der Waals surface area contributed by atoms with Crippen molar-refractivity contribution in [2.24, 2.45) is 5.92 Å². The van der Waals surface area contributed by atoms with Crippen molar-refractivity contribution >= 4 is 17.3 Å². The van der Waals surface area contributed by atoms with E-state index in [0.717, 1.165) is 23.7 Å². The van der Waals surface area contributed by atoms with Crippen LogP contribution >= 0.6 is 0 Å². The lowest BCUT2D eigenvalue weighted by atomic mass is 10.1. The van der Waals surface area contributed by atoms with Gasteiger partial charge in [-0.25, -0.2) is 4.98 Å². The lowest BCUT2D eigenvalue weighted by Gasteiger charge is -2.25. The van der Waals surface area contributed by atoms with Crippen LogP contribution in [0.4, 0.5) is 11.4 Å². The molecule has 0 aliphatic carbocycles. The lowest BCUT2D eigenvalue weighted by Crippen LogP contribution is -2.31. The number of benzene rings is 1. The molecule has 5 heteroatoms. The van der Waals surface area contributed by atoms with Crippen molar-refractivity contribution in [3.8, 4) is 0 Å². The molecule has 1 aromatic heterocycles. The van der Waals surface area contributed by atoms with Gasteiger partial charge in [-0.3, -0.25) is 4.79 Å². The van der Waals surface area contributed by atoms with Crippen LogP contribution in [0.1, 0.15) is 19.7 Å². The van der Waals surface area contributed by atoms with Gasteiger partial charge in [-0.1, -0.05) is 19.1 Å². The Labute approximate surface area is 124 Å². The normalized spacial score (nSPS) is 18.1. The summed E-state index contributed by atoms with van der Waals surface area (Å²) >= 11 is 0. The third kappa shape index (κ3) is 2.63. The minimum Gasteiger partial charge on any atom is -0.362 e. The minimum absolute atomic E-state index is 0.0533. The molecule has 1 unspecified atom stereocenters. The minimum atomic E-state index is -0.0533. The van der Waals surface area contributed by atoms with Crippen molar-refractivity contribution in [2.75, 3.05) is 16.8 Å². The quantitative estimate of drug-likeness (QED) is 0.942. The Morgan fingerprint density at radius 3 is 3.00 bits per heavy atom. The van der Waals surface area contributed by atoms with Crippen molar-refractivity contribution < 1.29 is 4.79 Å². The summed E-state index contributed by atoms with van der Waals surface area (Å²) < 4.78 is 2.13. The highest BCUT2D eigenvalue weighted by Crippen LogP contribution is 2.30. The molecule has 0 spiro atoms. The molecule has 0 bridgehead atoms. The first-order valence-corrected chi connectivity index (χ1v) is 7.34. The van der Waals surface area contributed by atoms with E-state index in [4.69, 9.17) is 0 Å². The van der Waals surface area contributed by atoms with Crippen LogP contribution in [-0.2, 0) is 17.9 Å². The summed E-state index contributed by atoms with van der Waals surface area (Å²) in [7, 11) is 0. The Morgan fingerprint density at radius 2 is 2.19 bits per heavy atom. The number of carbonyl (C=O) groups excluding carboxylic acids is 1. The van der Waals surface area contributed by atoms with Gasteiger partial charge in [0, 0.05) is 25.5 Å². The number of hydrogen-bond donors (Lipinski definition) is 1. The molecule has 2 heterocycles. The first kappa shape index (κ1) is 13.7. The highest BCUT2D eigenvalue weighted by molar-refractivity contribution is 5.97. The summed E-state index contributed by atoms with van der Waals surface area (Å²) in [5, 5.41) is 3.00. The molecule has 21 heavy (non-hydrogen) atoms. The van der Waals surface area contributed by atoms with Gasteiger partial charge in [-0.2, -0.15) is 0 Å². The summed E-state index contributed by atoms with van der Waals surface area (Å²) in [4.78, 5) is 18.8. The van der Waals surface area contributed by atoms with Gasteiger partial charge in [-0.15, -0.1) is 0 Å². The van der Waals surface area contributed by atoms with E-state index in [1.54, 1.807) is 0 Å². The van der Waals surface area contributed by atoms with E-state index in [2.05, 4.69) is 26.7 Å². The molecular formula is C16H20N4O. The maximum atomic E-state index is 12.1. The second kappa shape index (κ2) is 5.60. The van der Waals surface area contributed by atoms with E-state index in [1.807, 2.05) is 43.6 Å². The predicted octanol–water partition coefficient (Wildman–Crippen LogP) is 2.50. The standard InChI is InChI=1S/C16H20N4O/c1-3-19-9-8-17-15(19)11-20-10-12(2)16(21)18-13-6-4-5-7-14(13)20/h4-9,12H,3,10-11H2,1-2H3,(H,18,21). The molecule has 1 atom stereocenters. The summed E-state index contributed by atoms with van der Waals surface area (Å²) in [6, 6.07) is 7.94. The number of rotatable bonds is 3. The van der Waals surface area contributed by atoms with Crippen LogP contribution in [0.15, 0.2) is 36.7 Å². The molecule has 3 rings (SSSR count). The largest absolute Gasteiger partial charge is 0.362 e. The number of aryl methyl sites for hydroxylation is 1. The fourth-order valence-corrected chi connectivity index (χ4v) is 2.72. The third-order valence-electron chi connectivity index (χ3n) is 3.92.